The molecule has 0 unspecified atom stereocenters. The van der Waals surface area contributed by atoms with E-state index in [0.29, 0.717) is 0 Å². The molecule has 0 aliphatic carbocycles. The van der Waals surface area contributed by atoms with Gasteiger partial charge in [-0.1, -0.05) is 12.2 Å². The fourth-order valence-corrected chi connectivity index (χ4v) is 1.54. The summed E-state index contributed by atoms with van der Waals surface area (Å²) in [5.41, 5.74) is 0. The van der Waals surface area contributed by atoms with Gasteiger partial charge in [0.1, 0.15) is 25.4 Å². The monoisotopic (exact) mass is 286 g/mol. The molecule has 4 atom stereocenters. The van der Waals surface area contributed by atoms with Crippen LogP contribution in [-0.4, -0.2) is 58.8 Å². The predicted octanol–water partition coefficient (Wildman–Crippen LogP) is -1.08. The van der Waals surface area contributed by atoms with Gasteiger partial charge in [-0.3, -0.25) is 0 Å². The van der Waals surface area contributed by atoms with Crippen molar-refractivity contribution in [2.75, 3.05) is 13.2 Å². The molecule has 0 radical (unpaired) electrons. The first-order valence-electron chi connectivity index (χ1n) is 6.14. The van der Waals surface area contributed by atoms with Crippen molar-refractivity contribution < 1.29 is 34.4 Å². The number of cyclic esters (lactones) is 1. The molecule has 0 aromatic rings. The van der Waals surface area contributed by atoms with Gasteiger partial charge in [0, 0.05) is 6.08 Å². The Morgan fingerprint density at radius 1 is 1.45 bits per heavy atom. The van der Waals surface area contributed by atoms with Crippen molar-refractivity contribution in [1.82, 2.24) is 0 Å². The lowest BCUT2D eigenvalue weighted by atomic mass is 10.1. The van der Waals surface area contributed by atoms with Crippen LogP contribution in [-0.2, 0) is 19.1 Å². The minimum Gasteiger partial charge on any atom is -0.463 e. The van der Waals surface area contributed by atoms with Crippen molar-refractivity contribution in [2.24, 2.45) is 5.92 Å². The van der Waals surface area contributed by atoms with Crippen LogP contribution in [0.15, 0.2) is 24.3 Å². The summed E-state index contributed by atoms with van der Waals surface area (Å²) in [6.07, 6.45) is 1.40. The van der Waals surface area contributed by atoms with Crippen molar-refractivity contribution in [2.45, 2.75) is 25.2 Å². The number of esters is 2. The van der Waals surface area contributed by atoms with Gasteiger partial charge in [0.15, 0.2) is 6.10 Å². The molecule has 0 amide bonds. The van der Waals surface area contributed by atoms with Crippen LogP contribution in [0.5, 0.6) is 0 Å². The molecule has 1 aliphatic heterocycles. The van der Waals surface area contributed by atoms with Crippen LogP contribution < -0.4 is 0 Å². The minimum absolute atomic E-state index is 0.000369. The molecule has 1 saturated heterocycles. The molecule has 0 spiro atoms. The largest absolute Gasteiger partial charge is 0.463 e. The summed E-state index contributed by atoms with van der Waals surface area (Å²) in [6, 6.07) is 0. The first-order valence-corrected chi connectivity index (χ1v) is 6.14. The van der Waals surface area contributed by atoms with Crippen LogP contribution in [0.2, 0.25) is 0 Å². The molecule has 1 rings (SSSR count). The van der Waals surface area contributed by atoms with Crippen LogP contribution in [0.4, 0.5) is 0 Å². The van der Waals surface area contributed by atoms with Gasteiger partial charge >= 0.3 is 11.9 Å². The van der Waals surface area contributed by atoms with Gasteiger partial charge in [0.25, 0.3) is 0 Å². The Kier molecular flexibility index (Phi) is 6.37. The number of rotatable bonds is 6. The summed E-state index contributed by atoms with van der Waals surface area (Å²) in [6.45, 7) is 1.52. The molecule has 7 nitrogen and oxygen atoms in total. The molecule has 1 heterocycles. The highest BCUT2D eigenvalue weighted by Gasteiger charge is 2.35. The number of aliphatic hydroxyl groups is 3. The molecule has 7 heteroatoms. The highest BCUT2D eigenvalue weighted by atomic mass is 16.6. The second-order valence-corrected chi connectivity index (χ2v) is 4.33. The number of carbonyl (C=O) groups is 2. The molecular weight excluding hydrogens is 268 g/mol. The normalized spacial score (nSPS) is 25.9. The van der Waals surface area contributed by atoms with E-state index < -0.39 is 36.2 Å². The van der Waals surface area contributed by atoms with Crippen molar-refractivity contribution >= 4 is 11.9 Å². The summed E-state index contributed by atoms with van der Waals surface area (Å²) < 4.78 is 9.39. The van der Waals surface area contributed by atoms with Crippen LogP contribution in [0.1, 0.15) is 6.92 Å². The van der Waals surface area contributed by atoms with Crippen LogP contribution >= 0.6 is 0 Å². The lowest BCUT2D eigenvalue weighted by Gasteiger charge is -2.11. The van der Waals surface area contributed by atoms with Gasteiger partial charge in [-0.05, 0) is 13.0 Å². The molecule has 0 aromatic heterocycles. The molecule has 112 valence electrons. The second-order valence-electron chi connectivity index (χ2n) is 4.33. The maximum atomic E-state index is 11.3. The number of ether oxygens (including phenoxy) is 2. The van der Waals surface area contributed by atoms with Crippen molar-refractivity contribution in [3.05, 3.63) is 24.3 Å². The molecule has 0 saturated carbocycles. The molecule has 0 bridgehead atoms. The molecule has 3 N–H and O–H groups in total. The Morgan fingerprint density at radius 3 is 2.65 bits per heavy atom. The van der Waals surface area contributed by atoms with E-state index in [9.17, 15) is 24.9 Å². The molecule has 1 fully saturated rings. The van der Waals surface area contributed by atoms with E-state index in [-0.39, 0.29) is 13.2 Å². The molecule has 0 aromatic carbocycles. The molecule has 20 heavy (non-hydrogen) atoms. The summed E-state index contributed by atoms with van der Waals surface area (Å²) >= 11 is 0. The van der Waals surface area contributed by atoms with Crippen LogP contribution in [0, 0.1) is 5.92 Å². The van der Waals surface area contributed by atoms with Crippen molar-refractivity contribution in [1.29, 1.82) is 0 Å². The average Bonchev–Trinajstić information content (AvgIpc) is 2.74. The van der Waals surface area contributed by atoms with E-state index in [1.54, 1.807) is 13.0 Å². The van der Waals surface area contributed by atoms with E-state index in [2.05, 4.69) is 4.74 Å². The zero-order valence-corrected chi connectivity index (χ0v) is 11.0. The lowest BCUT2D eigenvalue weighted by Crippen LogP contribution is -2.26. The number of hydrogen-bond donors (Lipinski definition) is 3. The molecule has 1 aliphatic rings. The maximum Gasteiger partial charge on any atom is 0.335 e. The van der Waals surface area contributed by atoms with E-state index >= 15 is 0 Å². The van der Waals surface area contributed by atoms with Gasteiger partial charge in [-0.25, -0.2) is 9.59 Å². The van der Waals surface area contributed by atoms with Gasteiger partial charge in [0.05, 0.1) is 5.92 Å². The Balaban J connectivity index is 2.35. The lowest BCUT2D eigenvalue weighted by molar-refractivity contribution is -0.146. The van der Waals surface area contributed by atoms with Crippen molar-refractivity contribution in [3.63, 3.8) is 0 Å². The third-order valence-corrected chi connectivity index (χ3v) is 2.74. The quantitative estimate of drug-likeness (QED) is 0.323. The second kappa shape index (κ2) is 7.78. The van der Waals surface area contributed by atoms with E-state index in [4.69, 9.17) is 4.74 Å². The first kappa shape index (κ1) is 16.4. The Bertz CT molecular complexity index is 402. The Hall–Kier alpha value is -1.70. The van der Waals surface area contributed by atoms with E-state index in [0.717, 1.165) is 12.2 Å². The topological polar surface area (TPSA) is 113 Å². The highest BCUT2D eigenvalue weighted by molar-refractivity contribution is 5.82. The zero-order valence-electron chi connectivity index (χ0n) is 11.0. The van der Waals surface area contributed by atoms with Crippen LogP contribution in [0.3, 0.4) is 0 Å². The van der Waals surface area contributed by atoms with Gasteiger partial charge in [-0.15, -0.1) is 0 Å². The fraction of sp³-hybridized carbons (Fsp3) is 0.538. The third-order valence-electron chi connectivity index (χ3n) is 2.74. The standard InChI is InChI=1S/C13H18O7/c1-2-3-9(14)10(15)4-5-11(16)19-6-8-7-20-13(18)12(8)17/h2-5,8-10,12,14-15,17H,6-7H2,1H3/b3-2+,5-4+/t8-,9-,10-,12-/m1/s1. The average molecular weight is 286 g/mol. The smallest absolute Gasteiger partial charge is 0.335 e. The predicted molar refractivity (Wildman–Crippen MR) is 67.4 cm³/mol. The Labute approximate surface area is 116 Å². The molecular formula is C13H18O7. The summed E-state index contributed by atoms with van der Waals surface area (Å²) in [5, 5.41) is 28.2. The maximum absolute atomic E-state index is 11.3. The minimum atomic E-state index is -1.28. The number of aliphatic hydroxyl groups excluding tert-OH is 3. The highest BCUT2D eigenvalue weighted by Crippen LogP contribution is 2.15. The number of hydrogen-bond acceptors (Lipinski definition) is 7. The summed E-state index contributed by atoms with van der Waals surface area (Å²) in [7, 11) is 0. The van der Waals surface area contributed by atoms with Crippen LogP contribution in [0.25, 0.3) is 0 Å². The van der Waals surface area contributed by atoms with Crippen molar-refractivity contribution in [3.8, 4) is 0 Å². The Morgan fingerprint density at radius 2 is 2.10 bits per heavy atom. The third kappa shape index (κ3) is 4.76. The summed E-state index contributed by atoms with van der Waals surface area (Å²) in [4.78, 5) is 22.2. The van der Waals surface area contributed by atoms with E-state index in [1.807, 2.05) is 0 Å². The first-order chi connectivity index (χ1) is 9.45. The van der Waals surface area contributed by atoms with Gasteiger partial charge in [0.2, 0.25) is 0 Å². The fourth-order valence-electron chi connectivity index (χ4n) is 1.54. The number of carbonyl (C=O) groups excluding carboxylic acids is 2. The SMILES string of the molecule is C/C=C/[C@@H](O)[C@H](O)/C=C/C(=O)OC[C@@H]1COC(=O)[C@@H]1O. The van der Waals surface area contributed by atoms with Gasteiger partial charge < -0.3 is 24.8 Å². The van der Waals surface area contributed by atoms with Gasteiger partial charge in [-0.2, -0.15) is 0 Å². The zero-order chi connectivity index (χ0) is 15.1. The van der Waals surface area contributed by atoms with E-state index in [1.165, 1.54) is 6.08 Å². The summed E-state index contributed by atoms with van der Waals surface area (Å²) in [5.74, 6) is -2.06. The number of allylic oxidation sites excluding steroid dienone is 1.